The highest BCUT2D eigenvalue weighted by molar-refractivity contribution is 7.90. The number of carbonyl (C=O) groups excluding carboxylic acids is 1. The number of hydrogen-bond acceptors (Lipinski definition) is 3. The van der Waals surface area contributed by atoms with Crippen LogP contribution in [0.3, 0.4) is 0 Å². The van der Waals surface area contributed by atoms with Gasteiger partial charge in [-0.3, -0.25) is 9.10 Å². The molecule has 1 atom stereocenters. The fourth-order valence-corrected chi connectivity index (χ4v) is 3.89. The molecule has 2 aromatic rings. The number of nitrogens with one attached hydrogen (secondary N) is 1. The zero-order valence-corrected chi connectivity index (χ0v) is 18.4. The number of rotatable bonds is 6. The summed E-state index contributed by atoms with van der Waals surface area (Å²) in [6.07, 6.45) is 0. The monoisotopic (exact) mass is 403 g/mol. The van der Waals surface area contributed by atoms with Gasteiger partial charge < -0.3 is 5.32 Å². The molecular weight excluding hydrogens is 374 g/mol. The summed E-state index contributed by atoms with van der Waals surface area (Å²) in [7, 11) is 0.869. The summed E-state index contributed by atoms with van der Waals surface area (Å²) in [5.41, 5.74) is 5.62. The summed E-state index contributed by atoms with van der Waals surface area (Å²) in [6.45, 7) is 8.13. The van der Waals surface area contributed by atoms with Gasteiger partial charge in [-0.25, -0.2) is 0 Å². The maximum absolute atomic E-state index is 12.6. The Kier molecular flexibility index (Phi) is 6.52. The van der Waals surface area contributed by atoms with E-state index in [0.29, 0.717) is 11.3 Å². The van der Waals surface area contributed by atoms with Crippen molar-refractivity contribution in [1.29, 1.82) is 0 Å². The molecule has 0 aliphatic carbocycles. The number of anilines is 1. The molecule has 152 valence electrons. The molecule has 0 aromatic heterocycles. The first-order valence-corrected chi connectivity index (χ1v) is 10.5. The minimum atomic E-state index is -3.56. The van der Waals surface area contributed by atoms with Gasteiger partial charge >= 0.3 is 10.2 Å². The van der Waals surface area contributed by atoms with Crippen LogP contribution in [0.4, 0.5) is 5.69 Å². The summed E-state index contributed by atoms with van der Waals surface area (Å²) < 4.78 is 26.7. The molecule has 2 aromatic carbocycles. The van der Waals surface area contributed by atoms with Crippen molar-refractivity contribution in [2.45, 2.75) is 33.7 Å². The SMILES string of the molecule is Cc1cc(C)c([C@H](C)NC(=O)c2ccc(N(C)S(=O)(=O)N(C)C)cc2)cc1C. The lowest BCUT2D eigenvalue weighted by atomic mass is 9.96. The minimum Gasteiger partial charge on any atom is -0.346 e. The second kappa shape index (κ2) is 8.32. The summed E-state index contributed by atoms with van der Waals surface area (Å²) >= 11 is 0. The van der Waals surface area contributed by atoms with E-state index in [9.17, 15) is 13.2 Å². The lowest BCUT2D eigenvalue weighted by molar-refractivity contribution is 0.0940. The summed E-state index contributed by atoms with van der Waals surface area (Å²) in [5.74, 6) is -0.199. The fraction of sp³-hybridized carbons (Fsp3) is 0.381. The standard InChI is InChI=1S/C21H29N3O3S/c1-14-12-16(3)20(13-15(14)2)17(4)22-21(25)18-8-10-19(11-9-18)24(7)28(26,27)23(5)6/h8-13,17H,1-7H3,(H,22,25)/t17-/m0/s1. The van der Waals surface area contributed by atoms with Crippen molar-refractivity contribution in [2.24, 2.45) is 0 Å². The first-order valence-electron chi connectivity index (χ1n) is 9.10. The zero-order valence-electron chi connectivity index (χ0n) is 17.6. The second-order valence-corrected chi connectivity index (χ2v) is 9.47. The van der Waals surface area contributed by atoms with E-state index < -0.39 is 10.2 Å². The van der Waals surface area contributed by atoms with Crippen LogP contribution >= 0.6 is 0 Å². The highest BCUT2D eigenvalue weighted by atomic mass is 32.2. The van der Waals surface area contributed by atoms with Crippen LogP contribution in [0.2, 0.25) is 0 Å². The van der Waals surface area contributed by atoms with Crippen molar-refractivity contribution < 1.29 is 13.2 Å². The number of amides is 1. The van der Waals surface area contributed by atoms with Crippen molar-refractivity contribution in [3.05, 3.63) is 64.2 Å². The van der Waals surface area contributed by atoms with Crippen molar-refractivity contribution >= 4 is 21.8 Å². The van der Waals surface area contributed by atoms with Crippen LogP contribution in [0, 0.1) is 20.8 Å². The minimum absolute atomic E-state index is 0.136. The van der Waals surface area contributed by atoms with Gasteiger partial charge in [0.05, 0.1) is 11.7 Å². The van der Waals surface area contributed by atoms with E-state index >= 15 is 0 Å². The average Bonchev–Trinajstić information content (AvgIpc) is 2.63. The van der Waals surface area contributed by atoms with Crippen molar-refractivity contribution in [3.8, 4) is 0 Å². The smallest absolute Gasteiger partial charge is 0.303 e. The molecular formula is C21H29N3O3S. The van der Waals surface area contributed by atoms with Gasteiger partial charge in [-0.05, 0) is 74.2 Å². The predicted octanol–water partition coefficient (Wildman–Crippen LogP) is 3.35. The molecule has 0 aliphatic heterocycles. The highest BCUT2D eigenvalue weighted by Gasteiger charge is 2.21. The molecule has 0 unspecified atom stereocenters. The van der Waals surface area contributed by atoms with Gasteiger partial charge in [0.15, 0.2) is 0 Å². The van der Waals surface area contributed by atoms with Crippen LogP contribution in [-0.4, -0.2) is 39.8 Å². The molecule has 6 nitrogen and oxygen atoms in total. The lowest BCUT2D eigenvalue weighted by Crippen LogP contribution is -2.37. The lowest BCUT2D eigenvalue weighted by Gasteiger charge is -2.23. The molecule has 0 saturated carbocycles. The van der Waals surface area contributed by atoms with E-state index in [2.05, 4.69) is 31.3 Å². The molecule has 2 rings (SSSR count). The van der Waals surface area contributed by atoms with Gasteiger partial charge in [-0.1, -0.05) is 12.1 Å². The summed E-state index contributed by atoms with van der Waals surface area (Å²) in [5, 5.41) is 3.02. The zero-order chi connectivity index (χ0) is 21.2. The van der Waals surface area contributed by atoms with E-state index in [1.807, 2.05) is 13.8 Å². The topological polar surface area (TPSA) is 69.7 Å². The van der Waals surface area contributed by atoms with E-state index in [0.717, 1.165) is 15.4 Å². The van der Waals surface area contributed by atoms with Gasteiger partial charge in [0, 0.05) is 26.7 Å². The Morgan fingerprint density at radius 2 is 1.46 bits per heavy atom. The molecule has 0 bridgehead atoms. The molecule has 0 saturated heterocycles. The number of hydrogen-bond donors (Lipinski definition) is 1. The molecule has 1 N–H and O–H groups in total. The Hall–Kier alpha value is -2.38. The van der Waals surface area contributed by atoms with Gasteiger partial charge in [-0.2, -0.15) is 12.7 Å². The van der Waals surface area contributed by atoms with E-state index in [4.69, 9.17) is 0 Å². The third-order valence-corrected chi connectivity index (χ3v) is 6.82. The quantitative estimate of drug-likeness (QED) is 0.804. The predicted molar refractivity (Wildman–Crippen MR) is 114 cm³/mol. The maximum Gasteiger partial charge on any atom is 0.303 e. The molecule has 7 heteroatoms. The van der Waals surface area contributed by atoms with Crippen LogP contribution in [-0.2, 0) is 10.2 Å². The normalized spacial score (nSPS) is 12.7. The van der Waals surface area contributed by atoms with Crippen LogP contribution in [0.25, 0.3) is 0 Å². The van der Waals surface area contributed by atoms with E-state index in [-0.39, 0.29) is 11.9 Å². The van der Waals surface area contributed by atoms with Crippen LogP contribution in [0.1, 0.15) is 45.6 Å². The molecule has 1 amide bonds. The van der Waals surface area contributed by atoms with Gasteiger partial charge in [0.1, 0.15) is 0 Å². The Morgan fingerprint density at radius 3 is 2.00 bits per heavy atom. The average molecular weight is 404 g/mol. The molecule has 0 fully saturated rings. The van der Waals surface area contributed by atoms with E-state index in [1.54, 1.807) is 24.3 Å². The Bertz CT molecular complexity index is 967. The molecule has 0 radical (unpaired) electrons. The van der Waals surface area contributed by atoms with Crippen molar-refractivity contribution in [3.63, 3.8) is 0 Å². The Balaban J connectivity index is 2.16. The molecule has 0 spiro atoms. The highest BCUT2D eigenvalue weighted by Crippen LogP contribution is 2.23. The number of nitrogens with zero attached hydrogens (tertiary/aromatic N) is 2. The van der Waals surface area contributed by atoms with Crippen molar-refractivity contribution in [2.75, 3.05) is 25.4 Å². The first-order chi connectivity index (χ1) is 12.9. The summed E-state index contributed by atoms with van der Waals surface area (Å²) in [6, 6.07) is 10.6. The summed E-state index contributed by atoms with van der Waals surface area (Å²) in [4.78, 5) is 12.6. The largest absolute Gasteiger partial charge is 0.346 e. The maximum atomic E-state index is 12.6. The van der Waals surface area contributed by atoms with Crippen LogP contribution in [0.5, 0.6) is 0 Å². The Labute approximate surface area is 168 Å². The number of aryl methyl sites for hydroxylation is 3. The molecule has 0 aliphatic rings. The third-order valence-electron chi connectivity index (χ3n) is 5.00. The molecule has 0 heterocycles. The third kappa shape index (κ3) is 4.54. The molecule has 28 heavy (non-hydrogen) atoms. The van der Waals surface area contributed by atoms with Crippen LogP contribution < -0.4 is 9.62 Å². The fourth-order valence-electron chi connectivity index (χ4n) is 3.01. The van der Waals surface area contributed by atoms with Crippen molar-refractivity contribution in [1.82, 2.24) is 9.62 Å². The van der Waals surface area contributed by atoms with Gasteiger partial charge in [-0.15, -0.1) is 0 Å². The van der Waals surface area contributed by atoms with Gasteiger partial charge in [0.25, 0.3) is 5.91 Å². The number of benzene rings is 2. The van der Waals surface area contributed by atoms with Crippen LogP contribution in [0.15, 0.2) is 36.4 Å². The number of carbonyl (C=O) groups is 1. The second-order valence-electron chi connectivity index (χ2n) is 7.29. The Morgan fingerprint density at radius 1 is 0.929 bits per heavy atom. The van der Waals surface area contributed by atoms with Gasteiger partial charge in [0.2, 0.25) is 0 Å². The van der Waals surface area contributed by atoms with E-state index in [1.165, 1.54) is 36.6 Å². The first kappa shape index (κ1) is 21.9.